The summed E-state index contributed by atoms with van der Waals surface area (Å²) in [7, 11) is -0.530. The first-order chi connectivity index (χ1) is 19.1. The number of para-hydroxylation sites is 1. The van der Waals surface area contributed by atoms with Crippen molar-refractivity contribution >= 4 is 27.0 Å². The molecule has 1 aliphatic rings. The molecule has 10 nitrogen and oxygen atoms in total. The highest BCUT2D eigenvalue weighted by Crippen LogP contribution is 2.36. The zero-order valence-electron chi connectivity index (χ0n) is 22.9. The van der Waals surface area contributed by atoms with Crippen LogP contribution in [0.25, 0.3) is 11.0 Å². The molecule has 1 aliphatic heterocycles. The Kier molecular flexibility index (Phi) is 7.52. The van der Waals surface area contributed by atoms with Crippen LogP contribution < -0.4 is 9.47 Å². The van der Waals surface area contributed by atoms with E-state index in [0.29, 0.717) is 30.0 Å². The standard InChI is InChI=1S/C29H32N4O6S/c1-18-9-10-20(23(16-28(34)35)21-14-24-29(26(15-21)38-4)30-31-32(24)3)13-22(18)17-33-12-11-19(2)39-25-7-5-6-8-27(25)40(33,36)37/h5-10,13-15,19,23H,11-12,16-17H2,1-4H3,(H,34,35)/t19-,23+/m1/s1. The fraction of sp³-hybridized carbons (Fsp3) is 0.345. The highest BCUT2D eigenvalue weighted by molar-refractivity contribution is 7.89. The molecule has 210 valence electrons. The number of hydrogen-bond acceptors (Lipinski definition) is 7. The number of hydrogen-bond donors (Lipinski definition) is 1. The number of carboxylic acids is 1. The minimum Gasteiger partial charge on any atom is -0.494 e. The molecule has 0 aliphatic carbocycles. The molecule has 0 spiro atoms. The van der Waals surface area contributed by atoms with Crippen LogP contribution in [0.4, 0.5) is 0 Å². The van der Waals surface area contributed by atoms with Crippen LogP contribution >= 0.6 is 0 Å². The van der Waals surface area contributed by atoms with Gasteiger partial charge >= 0.3 is 5.97 Å². The fourth-order valence-electron chi connectivity index (χ4n) is 5.13. The lowest BCUT2D eigenvalue weighted by Crippen LogP contribution is -2.36. The number of aliphatic carboxylic acids is 1. The van der Waals surface area contributed by atoms with Crippen molar-refractivity contribution in [1.82, 2.24) is 19.3 Å². The van der Waals surface area contributed by atoms with E-state index in [-0.39, 0.29) is 24.0 Å². The quantitative estimate of drug-likeness (QED) is 0.353. The molecule has 0 saturated heterocycles. The van der Waals surface area contributed by atoms with Gasteiger partial charge in [0.2, 0.25) is 10.0 Å². The van der Waals surface area contributed by atoms with Crippen LogP contribution in [-0.4, -0.2) is 58.6 Å². The SMILES string of the molecule is COc1cc([C@@H](CC(=O)O)c2ccc(C)c(CN3CC[C@@H](C)Oc4ccccc4S3(=O)=O)c2)cc2c1nnn2C. The van der Waals surface area contributed by atoms with E-state index in [1.807, 2.05) is 38.1 Å². The van der Waals surface area contributed by atoms with Gasteiger partial charge in [-0.1, -0.05) is 35.5 Å². The van der Waals surface area contributed by atoms with Gasteiger partial charge in [0, 0.05) is 26.1 Å². The zero-order chi connectivity index (χ0) is 28.6. The third kappa shape index (κ3) is 5.26. The summed E-state index contributed by atoms with van der Waals surface area (Å²) in [5, 5.41) is 18.1. The number of aryl methyl sites for hydroxylation is 2. The summed E-state index contributed by atoms with van der Waals surface area (Å²) in [6.45, 7) is 4.30. The predicted octanol–water partition coefficient (Wildman–Crippen LogP) is 4.25. The van der Waals surface area contributed by atoms with Crippen LogP contribution in [-0.2, 0) is 28.4 Å². The van der Waals surface area contributed by atoms with Crippen molar-refractivity contribution in [2.24, 2.45) is 7.05 Å². The van der Waals surface area contributed by atoms with Crippen molar-refractivity contribution in [3.8, 4) is 11.5 Å². The maximum atomic E-state index is 13.7. The summed E-state index contributed by atoms with van der Waals surface area (Å²) in [5.41, 5.74) is 4.54. The second-order valence-electron chi connectivity index (χ2n) is 10.1. The smallest absolute Gasteiger partial charge is 0.304 e. The van der Waals surface area contributed by atoms with E-state index in [4.69, 9.17) is 9.47 Å². The molecule has 0 amide bonds. The minimum absolute atomic E-state index is 0.143. The third-order valence-electron chi connectivity index (χ3n) is 7.41. The molecule has 1 aromatic heterocycles. The van der Waals surface area contributed by atoms with Crippen LogP contribution in [0.3, 0.4) is 0 Å². The molecule has 40 heavy (non-hydrogen) atoms. The normalized spacial score (nSPS) is 17.9. The zero-order valence-corrected chi connectivity index (χ0v) is 23.7. The highest BCUT2D eigenvalue weighted by atomic mass is 32.2. The average molecular weight is 565 g/mol. The van der Waals surface area contributed by atoms with E-state index in [1.165, 1.54) is 11.4 Å². The van der Waals surface area contributed by atoms with Gasteiger partial charge in [0.15, 0.2) is 5.52 Å². The summed E-state index contributed by atoms with van der Waals surface area (Å²) in [5.74, 6) is -0.611. The van der Waals surface area contributed by atoms with Crippen LogP contribution in [0, 0.1) is 6.92 Å². The summed E-state index contributed by atoms with van der Waals surface area (Å²) in [6.07, 6.45) is 0.219. The molecule has 1 N–H and O–H groups in total. The van der Waals surface area contributed by atoms with Gasteiger partial charge < -0.3 is 14.6 Å². The van der Waals surface area contributed by atoms with E-state index >= 15 is 0 Å². The van der Waals surface area contributed by atoms with Crippen molar-refractivity contribution < 1.29 is 27.8 Å². The van der Waals surface area contributed by atoms with E-state index in [0.717, 1.165) is 27.8 Å². The Balaban J connectivity index is 1.56. The number of methoxy groups -OCH3 is 1. The molecule has 2 atom stereocenters. The van der Waals surface area contributed by atoms with Gasteiger partial charge in [-0.05, 0) is 66.8 Å². The first-order valence-electron chi connectivity index (χ1n) is 13.0. The molecule has 4 aromatic rings. The van der Waals surface area contributed by atoms with Crippen LogP contribution in [0.2, 0.25) is 0 Å². The number of aromatic nitrogens is 3. The molecular weight excluding hydrogens is 532 g/mol. The molecule has 0 fully saturated rings. The van der Waals surface area contributed by atoms with Crippen molar-refractivity contribution in [3.05, 3.63) is 76.9 Å². The molecule has 2 heterocycles. The number of rotatable bonds is 7. The van der Waals surface area contributed by atoms with Gasteiger partial charge in [-0.15, -0.1) is 5.10 Å². The van der Waals surface area contributed by atoms with Gasteiger partial charge in [-0.2, -0.15) is 4.31 Å². The predicted molar refractivity (Wildman–Crippen MR) is 149 cm³/mol. The third-order valence-corrected chi connectivity index (χ3v) is 9.29. The van der Waals surface area contributed by atoms with Crippen molar-refractivity contribution in [3.63, 3.8) is 0 Å². The number of fused-ring (bicyclic) bond motifs is 2. The Morgan fingerprint density at radius 3 is 2.70 bits per heavy atom. The Bertz CT molecular complexity index is 1680. The Morgan fingerprint density at radius 2 is 1.95 bits per heavy atom. The van der Waals surface area contributed by atoms with Crippen molar-refractivity contribution in [2.75, 3.05) is 13.7 Å². The summed E-state index contributed by atoms with van der Waals surface area (Å²) >= 11 is 0. The topological polar surface area (TPSA) is 124 Å². The number of sulfonamides is 1. The lowest BCUT2D eigenvalue weighted by molar-refractivity contribution is -0.137. The molecule has 0 bridgehead atoms. The van der Waals surface area contributed by atoms with Gasteiger partial charge in [-0.3, -0.25) is 4.79 Å². The minimum atomic E-state index is -3.84. The molecule has 0 saturated carbocycles. The van der Waals surface area contributed by atoms with Gasteiger partial charge in [0.05, 0.1) is 25.2 Å². The van der Waals surface area contributed by atoms with E-state index in [1.54, 1.807) is 42.1 Å². The largest absolute Gasteiger partial charge is 0.494 e. The Labute approximate surface area is 233 Å². The van der Waals surface area contributed by atoms with Crippen LogP contribution in [0.15, 0.2) is 59.5 Å². The second kappa shape index (κ2) is 10.9. The van der Waals surface area contributed by atoms with Gasteiger partial charge in [0.25, 0.3) is 0 Å². The summed E-state index contributed by atoms with van der Waals surface area (Å²) in [6, 6.07) is 16.1. The van der Waals surface area contributed by atoms with Gasteiger partial charge in [-0.25, -0.2) is 13.1 Å². The number of benzene rings is 3. The van der Waals surface area contributed by atoms with Crippen molar-refractivity contribution in [1.29, 1.82) is 0 Å². The second-order valence-corrected chi connectivity index (χ2v) is 12.0. The number of nitrogens with zero attached hydrogens (tertiary/aromatic N) is 4. The molecule has 0 unspecified atom stereocenters. The number of carboxylic acid groups (broad SMARTS) is 1. The monoisotopic (exact) mass is 564 g/mol. The first-order valence-corrected chi connectivity index (χ1v) is 14.5. The molecule has 5 rings (SSSR count). The van der Waals surface area contributed by atoms with E-state index in [9.17, 15) is 18.3 Å². The Morgan fingerprint density at radius 1 is 1.18 bits per heavy atom. The van der Waals surface area contributed by atoms with E-state index in [2.05, 4.69) is 10.3 Å². The maximum Gasteiger partial charge on any atom is 0.304 e. The Hall–Kier alpha value is -3.96. The number of carbonyl (C=O) groups is 1. The lowest BCUT2D eigenvalue weighted by Gasteiger charge is -2.29. The fourth-order valence-corrected chi connectivity index (χ4v) is 6.69. The maximum absolute atomic E-state index is 13.7. The molecular formula is C29H32N4O6S. The van der Waals surface area contributed by atoms with Crippen LogP contribution in [0.5, 0.6) is 11.5 Å². The highest BCUT2D eigenvalue weighted by Gasteiger charge is 2.31. The van der Waals surface area contributed by atoms with Gasteiger partial charge in [0.1, 0.15) is 16.4 Å². The summed E-state index contributed by atoms with van der Waals surface area (Å²) < 4.78 is 42.0. The molecule has 3 aromatic carbocycles. The number of ether oxygens (including phenoxy) is 2. The summed E-state index contributed by atoms with van der Waals surface area (Å²) in [4.78, 5) is 12.1. The van der Waals surface area contributed by atoms with Crippen molar-refractivity contribution in [2.45, 2.75) is 50.2 Å². The van der Waals surface area contributed by atoms with Crippen LogP contribution in [0.1, 0.15) is 47.9 Å². The van der Waals surface area contributed by atoms with E-state index < -0.39 is 21.9 Å². The lowest BCUT2D eigenvalue weighted by atomic mass is 9.86. The molecule has 11 heteroatoms. The molecule has 0 radical (unpaired) electrons. The average Bonchev–Trinajstić information content (AvgIpc) is 3.30. The first kappa shape index (κ1) is 27.6.